The summed E-state index contributed by atoms with van der Waals surface area (Å²) in [5, 5.41) is 0.355. The van der Waals surface area contributed by atoms with Gasteiger partial charge in [-0.15, -0.1) is 0 Å². The molecule has 112 valence electrons. The summed E-state index contributed by atoms with van der Waals surface area (Å²) in [7, 11) is 3.05. The normalized spacial score (nSPS) is 10.7. The minimum Gasteiger partial charge on any atom is -0.493 e. The summed E-state index contributed by atoms with van der Waals surface area (Å²) in [6.07, 6.45) is 0. The molecule has 0 aliphatic rings. The van der Waals surface area contributed by atoms with Crippen LogP contribution in [0.4, 0.5) is 0 Å². The van der Waals surface area contributed by atoms with Crippen molar-refractivity contribution in [1.29, 1.82) is 0 Å². The minimum absolute atomic E-state index is 0.282. The number of nitrogens with zero attached hydrogens (tertiary/aromatic N) is 1. The molecule has 0 amide bonds. The second-order valence-corrected chi connectivity index (χ2v) is 4.90. The lowest BCUT2D eigenvalue weighted by Crippen LogP contribution is -2.04. The second kappa shape index (κ2) is 5.52. The van der Waals surface area contributed by atoms with E-state index in [1.54, 1.807) is 12.1 Å². The van der Waals surface area contributed by atoms with E-state index < -0.39 is 5.63 Å². The topological polar surface area (TPSA) is 61.6 Å². The van der Waals surface area contributed by atoms with Crippen LogP contribution < -0.4 is 15.1 Å². The zero-order valence-electron chi connectivity index (χ0n) is 12.5. The van der Waals surface area contributed by atoms with E-state index in [4.69, 9.17) is 13.9 Å². The van der Waals surface area contributed by atoms with Crippen LogP contribution in [-0.2, 0) is 0 Å². The summed E-state index contributed by atoms with van der Waals surface area (Å²) in [5.74, 6) is 1.26. The van der Waals surface area contributed by atoms with Gasteiger partial charge in [-0.05, 0) is 19.1 Å². The quantitative estimate of drug-likeness (QED) is 0.743. The standard InChI is InChI=1S/C17H15NO4/c1-10-4-6-11(7-5-10)16-18-13-9-15(21-3)14(20-2)8-12(13)17(19)22-16/h4-9H,1-3H3. The zero-order chi connectivity index (χ0) is 15.7. The second-order valence-electron chi connectivity index (χ2n) is 4.90. The fourth-order valence-corrected chi connectivity index (χ4v) is 2.22. The van der Waals surface area contributed by atoms with Crippen LogP contribution in [0.5, 0.6) is 11.5 Å². The molecular weight excluding hydrogens is 282 g/mol. The number of hydrogen-bond acceptors (Lipinski definition) is 5. The van der Waals surface area contributed by atoms with Gasteiger partial charge in [-0.3, -0.25) is 0 Å². The van der Waals surface area contributed by atoms with Crippen LogP contribution >= 0.6 is 0 Å². The summed E-state index contributed by atoms with van der Waals surface area (Å²) < 4.78 is 15.8. The van der Waals surface area contributed by atoms with E-state index in [-0.39, 0.29) is 5.89 Å². The van der Waals surface area contributed by atoms with Crippen LogP contribution in [0.2, 0.25) is 0 Å². The summed E-state index contributed by atoms with van der Waals surface area (Å²) in [6, 6.07) is 10.9. The van der Waals surface area contributed by atoms with Gasteiger partial charge < -0.3 is 13.9 Å². The Kier molecular flexibility index (Phi) is 3.55. The van der Waals surface area contributed by atoms with Crippen molar-refractivity contribution in [3.63, 3.8) is 0 Å². The molecule has 1 aromatic heterocycles. The maximum absolute atomic E-state index is 12.2. The van der Waals surface area contributed by atoms with Crippen molar-refractivity contribution < 1.29 is 13.9 Å². The van der Waals surface area contributed by atoms with Crippen molar-refractivity contribution in [2.75, 3.05) is 14.2 Å². The Labute approximate surface area is 127 Å². The zero-order valence-corrected chi connectivity index (χ0v) is 12.5. The molecular formula is C17H15NO4. The molecule has 0 N–H and O–H groups in total. The maximum Gasteiger partial charge on any atom is 0.347 e. The van der Waals surface area contributed by atoms with Crippen molar-refractivity contribution in [3.8, 4) is 23.0 Å². The van der Waals surface area contributed by atoms with Gasteiger partial charge in [0.25, 0.3) is 0 Å². The van der Waals surface area contributed by atoms with E-state index >= 15 is 0 Å². The van der Waals surface area contributed by atoms with E-state index in [2.05, 4.69) is 4.98 Å². The lowest BCUT2D eigenvalue weighted by Gasteiger charge is -2.08. The van der Waals surface area contributed by atoms with Crippen LogP contribution in [0.3, 0.4) is 0 Å². The smallest absolute Gasteiger partial charge is 0.347 e. The molecule has 0 radical (unpaired) electrons. The summed E-state index contributed by atoms with van der Waals surface area (Å²) in [4.78, 5) is 16.6. The van der Waals surface area contributed by atoms with E-state index in [1.807, 2.05) is 31.2 Å². The van der Waals surface area contributed by atoms with E-state index in [0.717, 1.165) is 11.1 Å². The Bertz CT molecular complexity index is 882. The third-order valence-corrected chi connectivity index (χ3v) is 3.43. The van der Waals surface area contributed by atoms with Crippen LogP contribution in [-0.4, -0.2) is 19.2 Å². The highest BCUT2D eigenvalue weighted by molar-refractivity contribution is 5.82. The molecule has 3 aromatic rings. The molecule has 5 heteroatoms. The molecule has 0 aliphatic heterocycles. The first-order chi connectivity index (χ1) is 10.6. The molecule has 0 bridgehead atoms. The third kappa shape index (κ3) is 2.41. The minimum atomic E-state index is -0.457. The first-order valence-electron chi connectivity index (χ1n) is 6.76. The van der Waals surface area contributed by atoms with Crippen molar-refractivity contribution in [2.45, 2.75) is 6.92 Å². The highest BCUT2D eigenvalue weighted by Crippen LogP contribution is 2.31. The average molecular weight is 297 g/mol. The summed E-state index contributed by atoms with van der Waals surface area (Å²) >= 11 is 0. The van der Waals surface area contributed by atoms with Crippen molar-refractivity contribution in [1.82, 2.24) is 4.98 Å². The molecule has 0 saturated carbocycles. The molecule has 0 unspecified atom stereocenters. The lowest BCUT2D eigenvalue weighted by molar-refractivity contribution is 0.355. The molecule has 3 rings (SSSR count). The van der Waals surface area contributed by atoms with Crippen molar-refractivity contribution in [2.24, 2.45) is 0 Å². The molecule has 1 heterocycles. The van der Waals surface area contributed by atoms with Crippen LogP contribution in [0.25, 0.3) is 22.4 Å². The third-order valence-electron chi connectivity index (χ3n) is 3.43. The van der Waals surface area contributed by atoms with E-state index in [0.29, 0.717) is 22.4 Å². The Morgan fingerprint density at radius 1 is 1.00 bits per heavy atom. The van der Waals surface area contributed by atoms with Gasteiger partial charge >= 0.3 is 5.63 Å². The van der Waals surface area contributed by atoms with E-state index in [9.17, 15) is 4.79 Å². The first kappa shape index (κ1) is 14.1. The molecule has 0 aliphatic carbocycles. The highest BCUT2D eigenvalue weighted by atomic mass is 16.5. The van der Waals surface area contributed by atoms with Crippen molar-refractivity contribution in [3.05, 3.63) is 52.4 Å². The van der Waals surface area contributed by atoms with Gasteiger partial charge in [0.15, 0.2) is 11.5 Å². The summed E-state index contributed by atoms with van der Waals surface area (Å²) in [5.41, 5.74) is 1.92. The molecule has 0 atom stereocenters. The van der Waals surface area contributed by atoms with Gasteiger partial charge in [-0.1, -0.05) is 17.7 Å². The SMILES string of the molecule is COc1cc2nc(-c3ccc(C)cc3)oc(=O)c2cc1OC. The Morgan fingerprint density at radius 2 is 1.64 bits per heavy atom. The molecule has 5 nitrogen and oxygen atoms in total. The molecule has 0 saturated heterocycles. The fraction of sp³-hybridized carbons (Fsp3) is 0.176. The molecule has 0 spiro atoms. The van der Waals surface area contributed by atoms with Crippen LogP contribution in [0, 0.1) is 6.92 Å². The fourth-order valence-electron chi connectivity index (χ4n) is 2.22. The van der Waals surface area contributed by atoms with Gasteiger partial charge in [0.2, 0.25) is 5.89 Å². The molecule has 0 fully saturated rings. The lowest BCUT2D eigenvalue weighted by atomic mass is 10.1. The molecule has 22 heavy (non-hydrogen) atoms. The van der Waals surface area contributed by atoms with Crippen molar-refractivity contribution >= 4 is 10.9 Å². The van der Waals surface area contributed by atoms with Crippen LogP contribution in [0.15, 0.2) is 45.6 Å². The highest BCUT2D eigenvalue weighted by Gasteiger charge is 2.13. The molecule has 2 aromatic carbocycles. The maximum atomic E-state index is 12.2. The van der Waals surface area contributed by atoms with Crippen LogP contribution in [0.1, 0.15) is 5.56 Å². The predicted octanol–water partition coefficient (Wildman–Crippen LogP) is 3.18. The Morgan fingerprint density at radius 3 is 2.27 bits per heavy atom. The number of fused-ring (bicyclic) bond motifs is 1. The van der Waals surface area contributed by atoms with Gasteiger partial charge in [0.05, 0.1) is 25.1 Å². The Hall–Kier alpha value is -2.82. The van der Waals surface area contributed by atoms with E-state index in [1.165, 1.54) is 14.2 Å². The number of benzene rings is 2. The monoisotopic (exact) mass is 297 g/mol. The van der Waals surface area contributed by atoms with Gasteiger partial charge in [-0.2, -0.15) is 0 Å². The predicted molar refractivity (Wildman–Crippen MR) is 83.6 cm³/mol. The van der Waals surface area contributed by atoms with Gasteiger partial charge in [-0.25, -0.2) is 9.78 Å². The van der Waals surface area contributed by atoms with Gasteiger partial charge in [0, 0.05) is 17.7 Å². The number of rotatable bonds is 3. The van der Waals surface area contributed by atoms with Gasteiger partial charge in [0.1, 0.15) is 0 Å². The number of aryl methyl sites for hydroxylation is 1. The number of methoxy groups -OCH3 is 2. The number of ether oxygens (including phenoxy) is 2. The average Bonchev–Trinajstić information content (AvgIpc) is 2.54. The number of aromatic nitrogens is 1. The number of hydrogen-bond donors (Lipinski definition) is 0. The first-order valence-corrected chi connectivity index (χ1v) is 6.76. The largest absolute Gasteiger partial charge is 0.493 e. The summed E-state index contributed by atoms with van der Waals surface area (Å²) in [6.45, 7) is 1.99. The Balaban J connectivity index is 2.23.